The van der Waals surface area contributed by atoms with Gasteiger partial charge in [0.1, 0.15) is 11.2 Å². The summed E-state index contributed by atoms with van der Waals surface area (Å²) in [6.07, 6.45) is 6.31. The lowest BCUT2D eigenvalue weighted by Gasteiger charge is -2.35. The Morgan fingerprint density at radius 1 is 1.00 bits per heavy atom. The largest absolute Gasteiger partial charge is 0.456 e. The fourth-order valence-electron chi connectivity index (χ4n) is 6.73. The highest BCUT2D eigenvalue weighted by atomic mass is 16.5. The number of aromatic nitrogens is 1. The second-order valence-corrected chi connectivity index (χ2v) is 11.4. The molecule has 1 saturated heterocycles. The zero-order chi connectivity index (χ0) is 27.1. The standard InChI is InChI=1S/C34H37N3O3/c1-39-19-7-18-36-21-23(25-8-2-4-12-31(25)36)22-37(24-14-15-24)34(38)30-20-35-17-16-26(30)28-10-6-11-29-27-9-3-5-13-32(27)40-33(28)29/h2-6,8-13,21,24,26,30,35H,7,14-20,22H2,1H3/t26-,30+/m1/s1. The Morgan fingerprint density at radius 2 is 1.80 bits per heavy atom. The van der Waals surface area contributed by atoms with E-state index in [1.165, 1.54) is 22.0 Å². The van der Waals surface area contributed by atoms with Gasteiger partial charge in [-0.2, -0.15) is 0 Å². The molecule has 6 heteroatoms. The molecule has 6 nitrogen and oxygen atoms in total. The summed E-state index contributed by atoms with van der Waals surface area (Å²) in [4.78, 5) is 16.6. The van der Waals surface area contributed by atoms with Gasteiger partial charge in [-0.3, -0.25) is 4.79 Å². The van der Waals surface area contributed by atoms with Crippen LogP contribution in [0.4, 0.5) is 0 Å². The topological polar surface area (TPSA) is 59.6 Å². The average molecular weight is 536 g/mol. The molecule has 0 unspecified atom stereocenters. The van der Waals surface area contributed by atoms with Gasteiger partial charge in [-0.25, -0.2) is 0 Å². The van der Waals surface area contributed by atoms with Gasteiger partial charge in [0, 0.05) is 73.2 Å². The molecule has 2 atom stereocenters. The number of benzene rings is 3. The highest BCUT2D eigenvalue weighted by Gasteiger charge is 2.41. The fraction of sp³-hybridized carbons (Fsp3) is 0.382. The number of para-hydroxylation sites is 3. The Morgan fingerprint density at radius 3 is 2.65 bits per heavy atom. The molecule has 206 valence electrons. The maximum atomic E-state index is 14.5. The minimum absolute atomic E-state index is 0.120. The third kappa shape index (κ3) is 4.59. The summed E-state index contributed by atoms with van der Waals surface area (Å²) in [5.74, 6) is 0.266. The van der Waals surface area contributed by atoms with E-state index < -0.39 is 0 Å². The molecule has 3 heterocycles. The number of ether oxygens (including phenoxy) is 1. The van der Waals surface area contributed by atoms with Crippen LogP contribution in [0, 0.1) is 5.92 Å². The Hall–Kier alpha value is -3.61. The van der Waals surface area contributed by atoms with Crippen molar-refractivity contribution in [1.29, 1.82) is 0 Å². The third-order valence-corrected chi connectivity index (χ3v) is 8.86. The molecule has 1 aliphatic heterocycles. The molecule has 7 rings (SSSR count). The van der Waals surface area contributed by atoms with E-state index in [9.17, 15) is 4.79 Å². The summed E-state index contributed by atoms with van der Waals surface area (Å²) in [6.45, 7) is 3.90. The van der Waals surface area contributed by atoms with Gasteiger partial charge in [-0.15, -0.1) is 0 Å². The first-order valence-corrected chi connectivity index (χ1v) is 14.7. The van der Waals surface area contributed by atoms with Crippen LogP contribution in [0.2, 0.25) is 0 Å². The molecule has 1 aliphatic carbocycles. The molecule has 1 saturated carbocycles. The van der Waals surface area contributed by atoms with Crippen molar-refractivity contribution in [1.82, 2.24) is 14.8 Å². The molecule has 0 radical (unpaired) electrons. The van der Waals surface area contributed by atoms with Gasteiger partial charge in [0.25, 0.3) is 0 Å². The molecule has 0 bridgehead atoms. The van der Waals surface area contributed by atoms with Crippen molar-refractivity contribution in [2.75, 3.05) is 26.8 Å². The maximum Gasteiger partial charge on any atom is 0.228 e. The van der Waals surface area contributed by atoms with Crippen molar-refractivity contribution in [3.05, 3.63) is 84.1 Å². The van der Waals surface area contributed by atoms with E-state index in [0.717, 1.165) is 67.3 Å². The number of nitrogens with one attached hydrogen (secondary N) is 1. The number of fused-ring (bicyclic) bond motifs is 4. The van der Waals surface area contributed by atoms with Crippen LogP contribution < -0.4 is 5.32 Å². The lowest BCUT2D eigenvalue weighted by molar-refractivity contribution is -0.138. The Labute approximate surface area is 234 Å². The number of aryl methyl sites for hydroxylation is 1. The van der Waals surface area contributed by atoms with E-state index in [1.54, 1.807) is 7.11 Å². The minimum atomic E-state index is -0.122. The van der Waals surface area contributed by atoms with E-state index >= 15 is 0 Å². The summed E-state index contributed by atoms with van der Waals surface area (Å²) in [6, 6.07) is 23.6. The number of hydrogen-bond donors (Lipinski definition) is 1. The maximum absolute atomic E-state index is 14.5. The van der Waals surface area contributed by atoms with Crippen molar-refractivity contribution in [3.63, 3.8) is 0 Å². The molecule has 2 aliphatic rings. The fourth-order valence-corrected chi connectivity index (χ4v) is 6.73. The summed E-state index contributed by atoms with van der Waals surface area (Å²) < 4.78 is 14.0. The van der Waals surface area contributed by atoms with Gasteiger partial charge in [-0.1, -0.05) is 54.6 Å². The summed E-state index contributed by atoms with van der Waals surface area (Å²) in [5.41, 5.74) is 5.46. The number of nitrogens with zero attached hydrogens (tertiary/aromatic N) is 2. The number of methoxy groups -OCH3 is 1. The number of piperidine rings is 1. The van der Waals surface area contributed by atoms with E-state index in [1.807, 2.05) is 12.1 Å². The van der Waals surface area contributed by atoms with E-state index in [4.69, 9.17) is 9.15 Å². The quantitative estimate of drug-likeness (QED) is 0.220. The summed E-state index contributed by atoms with van der Waals surface area (Å²) in [7, 11) is 1.75. The van der Waals surface area contributed by atoms with Gasteiger partial charge < -0.3 is 23.9 Å². The highest BCUT2D eigenvalue weighted by Crippen LogP contribution is 2.41. The number of hydrogen-bond acceptors (Lipinski definition) is 4. The molecule has 2 aromatic heterocycles. The van der Waals surface area contributed by atoms with Crippen LogP contribution in [0.3, 0.4) is 0 Å². The van der Waals surface area contributed by atoms with Gasteiger partial charge in [-0.05, 0) is 55.5 Å². The van der Waals surface area contributed by atoms with E-state index in [0.29, 0.717) is 19.1 Å². The van der Waals surface area contributed by atoms with Crippen LogP contribution in [0.15, 0.2) is 77.3 Å². The predicted molar refractivity (Wildman–Crippen MR) is 159 cm³/mol. The molecular weight excluding hydrogens is 498 g/mol. The van der Waals surface area contributed by atoms with Crippen LogP contribution >= 0.6 is 0 Å². The second kappa shape index (κ2) is 10.8. The number of furan rings is 1. The molecule has 1 amide bonds. The predicted octanol–water partition coefficient (Wildman–Crippen LogP) is 6.46. The molecule has 5 aromatic rings. The van der Waals surface area contributed by atoms with Gasteiger partial charge >= 0.3 is 0 Å². The first kappa shape index (κ1) is 25.4. The van der Waals surface area contributed by atoms with Crippen molar-refractivity contribution in [3.8, 4) is 0 Å². The van der Waals surface area contributed by atoms with Gasteiger partial charge in [0.05, 0.1) is 5.92 Å². The smallest absolute Gasteiger partial charge is 0.228 e. The average Bonchev–Trinajstić information content (AvgIpc) is 3.68. The SMILES string of the molecule is COCCCn1cc(CN(C(=O)[C@H]2CNCC[C@@H]2c2cccc3c2oc2ccccc23)C2CC2)c2ccccc21. The van der Waals surface area contributed by atoms with Crippen molar-refractivity contribution >= 4 is 38.7 Å². The molecule has 0 spiro atoms. The van der Waals surface area contributed by atoms with Crippen molar-refractivity contribution in [2.45, 2.75) is 50.7 Å². The molecule has 2 fully saturated rings. The first-order chi connectivity index (χ1) is 19.7. The highest BCUT2D eigenvalue weighted by molar-refractivity contribution is 6.06. The number of carbonyl (C=O) groups excluding carboxylic acids is 1. The van der Waals surface area contributed by atoms with Gasteiger partial charge in [0.2, 0.25) is 5.91 Å². The van der Waals surface area contributed by atoms with Crippen molar-refractivity contribution in [2.24, 2.45) is 5.92 Å². The molecule has 3 aromatic carbocycles. The Balaban J connectivity index is 1.21. The number of carbonyl (C=O) groups is 1. The zero-order valence-electron chi connectivity index (χ0n) is 23.1. The lowest BCUT2D eigenvalue weighted by Crippen LogP contribution is -2.47. The summed E-state index contributed by atoms with van der Waals surface area (Å²) >= 11 is 0. The Kier molecular flexibility index (Phi) is 6.82. The molecular formula is C34H37N3O3. The zero-order valence-corrected chi connectivity index (χ0v) is 23.1. The molecule has 40 heavy (non-hydrogen) atoms. The summed E-state index contributed by atoms with van der Waals surface area (Å²) in [5, 5.41) is 7.05. The minimum Gasteiger partial charge on any atom is -0.456 e. The normalized spacial score (nSPS) is 19.5. The van der Waals surface area contributed by atoms with Crippen LogP contribution in [-0.4, -0.2) is 48.2 Å². The third-order valence-electron chi connectivity index (χ3n) is 8.86. The number of amides is 1. The van der Waals surface area contributed by atoms with Crippen LogP contribution in [0.5, 0.6) is 0 Å². The first-order valence-electron chi connectivity index (χ1n) is 14.7. The Bertz CT molecular complexity index is 1660. The lowest BCUT2D eigenvalue weighted by atomic mass is 9.79. The number of rotatable bonds is 9. The van der Waals surface area contributed by atoms with Crippen LogP contribution in [-0.2, 0) is 22.6 Å². The van der Waals surface area contributed by atoms with E-state index in [2.05, 4.69) is 75.6 Å². The monoisotopic (exact) mass is 535 g/mol. The van der Waals surface area contributed by atoms with Crippen molar-refractivity contribution < 1.29 is 13.9 Å². The molecule has 1 N–H and O–H groups in total. The van der Waals surface area contributed by atoms with Crippen LogP contribution in [0.25, 0.3) is 32.8 Å². The van der Waals surface area contributed by atoms with Crippen LogP contribution in [0.1, 0.15) is 42.7 Å². The van der Waals surface area contributed by atoms with E-state index in [-0.39, 0.29) is 17.7 Å². The van der Waals surface area contributed by atoms with Gasteiger partial charge in [0.15, 0.2) is 0 Å². The second-order valence-electron chi connectivity index (χ2n) is 11.4.